The van der Waals surface area contributed by atoms with Crippen LogP contribution in [-0.4, -0.2) is 14.7 Å². The van der Waals surface area contributed by atoms with Gasteiger partial charge >= 0.3 is 0 Å². The van der Waals surface area contributed by atoms with Crippen LogP contribution in [0.4, 0.5) is 5.69 Å². The maximum Gasteiger partial charge on any atom is 0.248 e. The van der Waals surface area contributed by atoms with Gasteiger partial charge in [-0.25, -0.2) is 0 Å². The minimum Gasteiger partial charge on any atom is -0.320 e. The zero-order valence-corrected chi connectivity index (χ0v) is 12.2. The number of carbonyl (C=O) groups is 1. The molecule has 0 unspecified atom stereocenters. The van der Waals surface area contributed by atoms with Crippen LogP contribution >= 0.6 is 11.7 Å². The molecule has 0 radical (unpaired) electrons. The van der Waals surface area contributed by atoms with Gasteiger partial charge in [-0.2, -0.15) is 8.75 Å². The molecule has 1 N–H and O–H groups in total. The van der Waals surface area contributed by atoms with Crippen molar-refractivity contribution in [3.05, 3.63) is 59.7 Å². The van der Waals surface area contributed by atoms with Gasteiger partial charge in [0.25, 0.3) is 0 Å². The molecule has 0 fully saturated rings. The van der Waals surface area contributed by atoms with Crippen molar-refractivity contribution in [3.63, 3.8) is 0 Å². The van der Waals surface area contributed by atoms with E-state index < -0.39 is 0 Å². The highest BCUT2D eigenvalue weighted by atomic mass is 32.1. The molecule has 5 heteroatoms. The summed E-state index contributed by atoms with van der Waals surface area (Å²) in [7, 11) is 0. The summed E-state index contributed by atoms with van der Waals surface area (Å²) >= 11 is 1.14. The van der Waals surface area contributed by atoms with Crippen LogP contribution in [0.1, 0.15) is 11.1 Å². The first-order valence-electron chi connectivity index (χ1n) is 6.50. The van der Waals surface area contributed by atoms with E-state index in [1.165, 1.54) is 6.08 Å². The molecule has 0 atom stereocenters. The van der Waals surface area contributed by atoms with Crippen molar-refractivity contribution in [2.75, 3.05) is 5.32 Å². The van der Waals surface area contributed by atoms with Crippen LogP contribution in [0.5, 0.6) is 0 Å². The molecule has 1 heterocycles. The third-order valence-corrected chi connectivity index (χ3v) is 3.65. The number of aromatic nitrogens is 2. The molecule has 1 amide bonds. The van der Waals surface area contributed by atoms with Gasteiger partial charge in [-0.15, -0.1) is 0 Å². The summed E-state index contributed by atoms with van der Waals surface area (Å²) < 4.78 is 8.43. The van der Waals surface area contributed by atoms with E-state index in [0.29, 0.717) is 0 Å². The van der Waals surface area contributed by atoms with Gasteiger partial charge < -0.3 is 5.32 Å². The monoisotopic (exact) mass is 295 g/mol. The lowest BCUT2D eigenvalue weighted by atomic mass is 10.1. The topological polar surface area (TPSA) is 54.9 Å². The van der Waals surface area contributed by atoms with Crippen LogP contribution in [-0.2, 0) is 4.79 Å². The van der Waals surface area contributed by atoms with E-state index >= 15 is 0 Å². The van der Waals surface area contributed by atoms with Gasteiger partial charge in [0.15, 0.2) is 0 Å². The number of hydrogen-bond acceptors (Lipinski definition) is 4. The number of carbonyl (C=O) groups excluding carboxylic acids is 1. The summed E-state index contributed by atoms with van der Waals surface area (Å²) in [5, 5.41) is 2.89. The lowest BCUT2D eigenvalue weighted by molar-refractivity contribution is -0.111. The Morgan fingerprint density at radius 1 is 1.14 bits per heavy atom. The molecular formula is C16H13N3OS. The molecule has 0 saturated heterocycles. The third kappa shape index (κ3) is 2.98. The fourth-order valence-electron chi connectivity index (χ4n) is 2.01. The smallest absolute Gasteiger partial charge is 0.248 e. The Labute approximate surface area is 126 Å². The summed E-state index contributed by atoms with van der Waals surface area (Å²) in [4.78, 5) is 12.1. The van der Waals surface area contributed by atoms with Crippen LogP contribution in [0.25, 0.3) is 17.1 Å². The van der Waals surface area contributed by atoms with E-state index in [1.54, 1.807) is 6.08 Å². The molecule has 0 aliphatic heterocycles. The van der Waals surface area contributed by atoms with Crippen LogP contribution in [0.3, 0.4) is 0 Å². The van der Waals surface area contributed by atoms with Crippen LogP contribution < -0.4 is 5.32 Å². The van der Waals surface area contributed by atoms with E-state index in [-0.39, 0.29) is 5.91 Å². The summed E-state index contributed by atoms with van der Waals surface area (Å²) in [5.74, 6) is -0.178. The van der Waals surface area contributed by atoms with Crippen LogP contribution in [0, 0.1) is 6.92 Å². The van der Waals surface area contributed by atoms with Crippen molar-refractivity contribution in [2.45, 2.75) is 6.92 Å². The fraction of sp³-hybridized carbons (Fsp3) is 0.0625. The van der Waals surface area contributed by atoms with Gasteiger partial charge in [-0.1, -0.05) is 36.4 Å². The number of hydrogen-bond donors (Lipinski definition) is 1. The Morgan fingerprint density at radius 3 is 2.76 bits per heavy atom. The first-order valence-corrected chi connectivity index (χ1v) is 7.23. The average molecular weight is 295 g/mol. The van der Waals surface area contributed by atoms with Crippen molar-refractivity contribution < 1.29 is 4.79 Å². The summed E-state index contributed by atoms with van der Waals surface area (Å²) in [6.45, 7) is 1.94. The second-order valence-electron chi connectivity index (χ2n) is 4.62. The van der Waals surface area contributed by atoms with Crippen LogP contribution in [0.15, 0.2) is 48.5 Å². The van der Waals surface area contributed by atoms with Gasteiger partial charge in [0.1, 0.15) is 11.0 Å². The van der Waals surface area contributed by atoms with Gasteiger partial charge in [0.05, 0.1) is 17.4 Å². The number of fused-ring (bicyclic) bond motifs is 1. The van der Waals surface area contributed by atoms with E-state index in [1.807, 2.05) is 49.4 Å². The van der Waals surface area contributed by atoms with Crippen molar-refractivity contribution >= 4 is 40.4 Å². The molecule has 1 aromatic heterocycles. The summed E-state index contributed by atoms with van der Waals surface area (Å²) in [5.41, 5.74) is 4.22. The van der Waals surface area contributed by atoms with Gasteiger partial charge in [-0.05, 0) is 30.2 Å². The third-order valence-electron chi connectivity index (χ3n) is 3.11. The van der Waals surface area contributed by atoms with Gasteiger partial charge in [0, 0.05) is 6.08 Å². The molecule has 0 saturated carbocycles. The van der Waals surface area contributed by atoms with Crippen LogP contribution in [0.2, 0.25) is 0 Å². The zero-order valence-electron chi connectivity index (χ0n) is 11.4. The fourth-order valence-corrected chi connectivity index (χ4v) is 2.55. The zero-order chi connectivity index (χ0) is 14.7. The quantitative estimate of drug-likeness (QED) is 0.750. The molecule has 0 aliphatic carbocycles. The SMILES string of the molecule is Cc1ccc2nsnc2c1NC(=O)/C=C/c1ccccc1. The van der Waals surface area contributed by atoms with Crippen molar-refractivity contribution in [2.24, 2.45) is 0 Å². The molecule has 4 nitrogen and oxygen atoms in total. The van der Waals surface area contributed by atoms with Gasteiger partial charge in [0.2, 0.25) is 5.91 Å². The Kier molecular flexibility index (Phi) is 3.75. The highest BCUT2D eigenvalue weighted by Gasteiger charge is 2.10. The molecule has 0 aliphatic rings. The molecule has 2 aromatic carbocycles. The van der Waals surface area contributed by atoms with Gasteiger partial charge in [-0.3, -0.25) is 4.79 Å². The second kappa shape index (κ2) is 5.85. The molecule has 3 rings (SSSR count). The summed E-state index contributed by atoms with van der Waals surface area (Å²) in [6.07, 6.45) is 3.30. The molecule has 0 spiro atoms. The van der Waals surface area contributed by atoms with E-state index in [9.17, 15) is 4.79 Å². The second-order valence-corrected chi connectivity index (χ2v) is 5.15. The van der Waals surface area contributed by atoms with Crippen molar-refractivity contribution in [1.29, 1.82) is 0 Å². The van der Waals surface area contributed by atoms with Crippen molar-refractivity contribution in [1.82, 2.24) is 8.75 Å². The molecule has 21 heavy (non-hydrogen) atoms. The number of amides is 1. The minimum absolute atomic E-state index is 0.178. The maximum atomic E-state index is 12.1. The number of rotatable bonds is 3. The number of nitrogens with zero attached hydrogens (tertiary/aromatic N) is 2. The summed E-state index contributed by atoms with van der Waals surface area (Å²) in [6, 6.07) is 13.5. The lowest BCUT2D eigenvalue weighted by Gasteiger charge is -2.06. The number of anilines is 1. The van der Waals surface area contributed by atoms with E-state index in [4.69, 9.17) is 0 Å². The molecular weight excluding hydrogens is 282 g/mol. The minimum atomic E-state index is -0.178. The first-order chi connectivity index (χ1) is 10.2. The highest BCUT2D eigenvalue weighted by molar-refractivity contribution is 7.00. The van der Waals surface area contributed by atoms with Crippen molar-refractivity contribution in [3.8, 4) is 0 Å². The van der Waals surface area contributed by atoms with E-state index in [2.05, 4.69) is 14.1 Å². The highest BCUT2D eigenvalue weighted by Crippen LogP contribution is 2.25. The Morgan fingerprint density at radius 2 is 1.95 bits per heavy atom. The average Bonchev–Trinajstić information content (AvgIpc) is 2.98. The largest absolute Gasteiger partial charge is 0.320 e. The Bertz CT molecular complexity index is 809. The standard InChI is InChI=1S/C16H13N3OS/c1-11-7-9-13-16(19-21-18-13)15(11)17-14(20)10-8-12-5-3-2-4-6-12/h2-10H,1H3,(H,17,20)/b10-8+. The number of aryl methyl sites for hydroxylation is 1. The predicted octanol–water partition coefficient (Wildman–Crippen LogP) is 3.65. The Hall–Kier alpha value is -2.53. The molecule has 104 valence electrons. The predicted molar refractivity (Wildman–Crippen MR) is 86.3 cm³/mol. The lowest BCUT2D eigenvalue weighted by Crippen LogP contribution is -2.09. The first kappa shape index (κ1) is 13.5. The maximum absolute atomic E-state index is 12.1. The molecule has 3 aromatic rings. The number of nitrogens with one attached hydrogen (secondary N) is 1. The number of benzene rings is 2. The molecule has 0 bridgehead atoms. The van der Waals surface area contributed by atoms with E-state index in [0.717, 1.165) is 39.6 Å². The Balaban J connectivity index is 1.82. The normalized spacial score (nSPS) is 11.1.